The molecule has 26 heavy (non-hydrogen) atoms. The molecular formula is C20H23ClN2O3. The number of halogens is 1. The van der Waals surface area contributed by atoms with Gasteiger partial charge in [0.25, 0.3) is 0 Å². The quantitative estimate of drug-likeness (QED) is 0.723. The minimum absolute atomic E-state index is 0.422. The monoisotopic (exact) mass is 374 g/mol. The number of hydrogen-bond donors (Lipinski definition) is 2. The molecule has 0 atom stereocenters. The van der Waals surface area contributed by atoms with Crippen LogP contribution in [0, 0.1) is 12.3 Å². The Morgan fingerprint density at radius 3 is 2.31 bits per heavy atom. The highest BCUT2D eigenvalue weighted by molar-refractivity contribution is 6.31. The van der Waals surface area contributed by atoms with Crippen LogP contribution in [-0.2, 0) is 9.59 Å². The lowest BCUT2D eigenvalue weighted by Gasteiger charge is -2.24. The summed E-state index contributed by atoms with van der Waals surface area (Å²) in [5, 5.41) is 6.07. The maximum absolute atomic E-state index is 12.7. The lowest BCUT2D eigenvalue weighted by Crippen LogP contribution is -2.41. The van der Waals surface area contributed by atoms with E-state index in [0.717, 1.165) is 5.56 Å². The Hall–Kier alpha value is -2.53. The number of carbonyl (C=O) groups is 2. The number of hydrogen-bond acceptors (Lipinski definition) is 3. The van der Waals surface area contributed by atoms with Crippen LogP contribution in [0.25, 0.3) is 0 Å². The third-order valence-electron chi connectivity index (χ3n) is 4.02. The molecule has 138 valence electrons. The summed E-state index contributed by atoms with van der Waals surface area (Å²) in [5.41, 5.74) is 0.673. The number of ether oxygens (including phenoxy) is 1. The van der Waals surface area contributed by atoms with Gasteiger partial charge in [-0.15, -0.1) is 0 Å². The fourth-order valence-corrected chi connectivity index (χ4v) is 2.41. The van der Waals surface area contributed by atoms with Crippen LogP contribution in [0.1, 0.15) is 26.3 Å². The van der Waals surface area contributed by atoms with Crippen molar-refractivity contribution in [3.05, 3.63) is 53.1 Å². The van der Waals surface area contributed by atoms with Crippen LogP contribution in [0.3, 0.4) is 0 Å². The van der Waals surface area contributed by atoms with Crippen molar-refractivity contribution in [3.8, 4) is 5.75 Å². The fraction of sp³-hybridized carbons (Fsp3) is 0.300. The second-order valence-electron chi connectivity index (χ2n) is 6.42. The van der Waals surface area contributed by atoms with Gasteiger partial charge < -0.3 is 15.4 Å². The van der Waals surface area contributed by atoms with Crippen molar-refractivity contribution in [1.82, 2.24) is 0 Å². The normalized spacial score (nSPS) is 11.0. The van der Waals surface area contributed by atoms with Crippen molar-refractivity contribution in [1.29, 1.82) is 0 Å². The number of benzene rings is 2. The molecule has 2 aromatic rings. The summed E-state index contributed by atoms with van der Waals surface area (Å²) >= 11 is 5.99. The predicted octanol–water partition coefficient (Wildman–Crippen LogP) is 4.65. The average molecular weight is 375 g/mol. The summed E-state index contributed by atoms with van der Waals surface area (Å²) in [4.78, 5) is 25.4. The van der Waals surface area contributed by atoms with Gasteiger partial charge in [-0.2, -0.15) is 0 Å². The summed E-state index contributed by atoms with van der Waals surface area (Å²) in [6.45, 7) is 7.34. The Balaban J connectivity index is 2.16. The van der Waals surface area contributed by atoms with Gasteiger partial charge in [0.1, 0.15) is 11.2 Å². The smallest absolute Gasteiger partial charge is 0.239 e. The molecular weight excluding hydrogens is 352 g/mol. The van der Waals surface area contributed by atoms with Gasteiger partial charge in [0, 0.05) is 10.7 Å². The largest absolute Gasteiger partial charge is 0.492 e. The highest BCUT2D eigenvalue weighted by atomic mass is 35.5. The van der Waals surface area contributed by atoms with Crippen molar-refractivity contribution < 1.29 is 14.3 Å². The molecule has 6 heteroatoms. The van der Waals surface area contributed by atoms with Gasteiger partial charge >= 0.3 is 0 Å². The lowest BCUT2D eigenvalue weighted by atomic mass is 9.90. The highest BCUT2D eigenvalue weighted by Crippen LogP contribution is 2.28. The Bertz CT molecular complexity index is 818. The van der Waals surface area contributed by atoms with Crippen molar-refractivity contribution >= 4 is 34.8 Å². The topological polar surface area (TPSA) is 67.4 Å². The summed E-state index contributed by atoms with van der Waals surface area (Å²) in [6, 6.07) is 12.3. The summed E-state index contributed by atoms with van der Waals surface area (Å²) in [6.07, 6.45) is 0. The molecule has 0 heterocycles. The van der Waals surface area contributed by atoms with Crippen molar-refractivity contribution in [2.75, 3.05) is 17.2 Å². The third kappa shape index (κ3) is 4.55. The molecule has 0 bridgehead atoms. The van der Waals surface area contributed by atoms with Crippen LogP contribution in [0.4, 0.5) is 11.4 Å². The van der Waals surface area contributed by atoms with Crippen LogP contribution >= 0.6 is 11.6 Å². The second kappa shape index (κ2) is 8.23. The van der Waals surface area contributed by atoms with Crippen LogP contribution in [0.2, 0.25) is 5.02 Å². The molecule has 0 unspecified atom stereocenters. The molecule has 2 N–H and O–H groups in total. The predicted molar refractivity (Wildman–Crippen MR) is 105 cm³/mol. The van der Waals surface area contributed by atoms with Crippen molar-refractivity contribution in [2.24, 2.45) is 5.41 Å². The van der Waals surface area contributed by atoms with Crippen molar-refractivity contribution in [2.45, 2.75) is 27.7 Å². The molecule has 0 spiro atoms. The molecule has 2 amide bonds. The molecule has 2 rings (SSSR count). The summed E-state index contributed by atoms with van der Waals surface area (Å²) < 4.78 is 5.51. The molecule has 0 fully saturated rings. The van der Waals surface area contributed by atoms with E-state index in [4.69, 9.17) is 16.3 Å². The first-order valence-electron chi connectivity index (χ1n) is 8.36. The minimum Gasteiger partial charge on any atom is -0.492 e. The van der Waals surface area contributed by atoms with Gasteiger partial charge in [0.05, 0.1) is 12.3 Å². The van der Waals surface area contributed by atoms with Gasteiger partial charge in [0.15, 0.2) is 0 Å². The van der Waals surface area contributed by atoms with E-state index in [1.807, 2.05) is 26.0 Å². The third-order valence-corrected chi connectivity index (χ3v) is 4.25. The van der Waals surface area contributed by atoms with E-state index in [1.165, 1.54) is 0 Å². The highest BCUT2D eigenvalue weighted by Gasteiger charge is 2.36. The maximum Gasteiger partial charge on any atom is 0.239 e. The number of amides is 2. The molecule has 0 saturated carbocycles. The standard InChI is InChI=1S/C20H23ClN2O3/c1-5-26-17-9-7-6-8-15(17)22-18(24)20(3,4)19(25)23-16-12-14(21)11-10-13(16)2/h6-12H,5H2,1-4H3,(H,22,24)(H,23,25). The molecule has 0 aliphatic carbocycles. The first-order chi connectivity index (χ1) is 12.3. The first kappa shape index (κ1) is 19.8. The van der Waals surface area contributed by atoms with E-state index >= 15 is 0 Å². The molecule has 0 saturated heterocycles. The van der Waals surface area contributed by atoms with Crippen LogP contribution in [-0.4, -0.2) is 18.4 Å². The van der Waals surface area contributed by atoms with E-state index < -0.39 is 17.2 Å². The Morgan fingerprint density at radius 1 is 1.04 bits per heavy atom. The lowest BCUT2D eigenvalue weighted by molar-refractivity contribution is -0.135. The van der Waals surface area contributed by atoms with Crippen LogP contribution in [0.15, 0.2) is 42.5 Å². The van der Waals surface area contributed by atoms with Gasteiger partial charge in [-0.05, 0) is 57.5 Å². The molecule has 0 aromatic heterocycles. The summed E-state index contributed by atoms with van der Waals surface area (Å²) in [7, 11) is 0. The van der Waals surface area contributed by atoms with Gasteiger partial charge in [-0.1, -0.05) is 29.8 Å². The number of rotatable bonds is 6. The minimum atomic E-state index is -1.30. The van der Waals surface area contributed by atoms with E-state index in [2.05, 4.69) is 10.6 Å². The first-order valence-corrected chi connectivity index (χ1v) is 8.74. The number of carbonyl (C=O) groups excluding carboxylic acids is 2. The van der Waals surface area contributed by atoms with Crippen LogP contribution < -0.4 is 15.4 Å². The molecule has 5 nitrogen and oxygen atoms in total. The Morgan fingerprint density at radius 2 is 1.65 bits per heavy atom. The molecule has 0 aliphatic heterocycles. The number of aryl methyl sites for hydroxylation is 1. The molecule has 2 aromatic carbocycles. The van der Waals surface area contributed by atoms with Gasteiger partial charge in [0.2, 0.25) is 11.8 Å². The SMILES string of the molecule is CCOc1ccccc1NC(=O)C(C)(C)C(=O)Nc1cc(Cl)ccc1C. The van der Waals surface area contributed by atoms with E-state index in [-0.39, 0.29) is 0 Å². The van der Waals surface area contributed by atoms with Crippen molar-refractivity contribution in [3.63, 3.8) is 0 Å². The maximum atomic E-state index is 12.7. The zero-order chi connectivity index (χ0) is 19.3. The Kier molecular flexibility index (Phi) is 6.27. The van der Waals surface area contributed by atoms with Gasteiger partial charge in [-0.25, -0.2) is 0 Å². The molecule has 0 aliphatic rings. The zero-order valence-corrected chi connectivity index (χ0v) is 16.1. The van der Waals surface area contributed by atoms with E-state index in [9.17, 15) is 9.59 Å². The number of nitrogens with one attached hydrogen (secondary N) is 2. The van der Waals surface area contributed by atoms with E-state index in [0.29, 0.717) is 28.8 Å². The second-order valence-corrected chi connectivity index (χ2v) is 6.86. The average Bonchev–Trinajstić information content (AvgIpc) is 2.60. The molecule has 0 radical (unpaired) electrons. The Labute approximate surface area is 158 Å². The number of para-hydroxylation sites is 2. The zero-order valence-electron chi connectivity index (χ0n) is 15.4. The van der Waals surface area contributed by atoms with Gasteiger partial charge in [-0.3, -0.25) is 9.59 Å². The van der Waals surface area contributed by atoms with E-state index in [1.54, 1.807) is 44.2 Å². The van der Waals surface area contributed by atoms with Crippen LogP contribution in [0.5, 0.6) is 5.75 Å². The number of anilines is 2. The summed E-state index contributed by atoms with van der Waals surface area (Å²) in [5.74, 6) is -0.290. The fourth-order valence-electron chi connectivity index (χ4n) is 2.24.